The Morgan fingerprint density at radius 2 is 2.17 bits per heavy atom. The van der Waals surface area contributed by atoms with Gasteiger partial charge >= 0.3 is 0 Å². The highest BCUT2D eigenvalue weighted by atomic mass is 16.5. The van der Waals surface area contributed by atoms with E-state index in [2.05, 4.69) is 20.0 Å². The maximum absolute atomic E-state index is 12.1. The SMILES string of the molecule is COc1cccc(CN(C)Cc2nc3c(cnn3C)c(=O)[nH]2)c1. The molecule has 0 bridgehead atoms. The monoisotopic (exact) mass is 313 g/mol. The van der Waals surface area contributed by atoms with Crippen LogP contribution < -0.4 is 10.3 Å². The first-order chi connectivity index (χ1) is 11.1. The molecule has 0 spiro atoms. The molecule has 0 saturated heterocycles. The van der Waals surface area contributed by atoms with Gasteiger partial charge in [-0.2, -0.15) is 5.10 Å². The maximum atomic E-state index is 12.1. The van der Waals surface area contributed by atoms with Gasteiger partial charge in [0.05, 0.1) is 19.9 Å². The molecular formula is C16H19N5O2. The van der Waals surface area contributed by atoms with Crippen molar-refractivity contribution in [2.45, 2.75) is 13.1 Å². The van der Waals surface area contributed by atoms with E-state index in [4.69, 9.17) is 4.74 Å². The molecule has 0 aliphatic heterocycles. The van der Waals surface area contributed by atoms with Crippen LogP contribution in [0.3, 0.4) is 0 Å². The highest BCUT2D eigenvalue weighted by Gasteiger charge is 2.10. The Morgan fingerprint density at radius 1 is 1.35 bits per heavy atom. The number of nitrogens with one attached hydrogen (secondary N) is 1. The number of hydrogen-bond donors (Lipinski definition) is 1. The smallest absolute Gasteiger partial charge is 0.262 e. The lowest BCUT2D eigenvalue weighted by molar-refractivity contribution is 0.310. The van der Waals surface area contributed by atoms with Gasteiger partial charge in [0.25, 0.3) is 5.56 Å². The Hall–Kier alpha value is -2.67. The van der Waals surface area contributed by atoms with Gasteiger partial charge < -0.3 is 9.72 Å². The summed E-state index contributed by atoms with van der Waals surface area (Å²) in [5.74, 6) is 1.45. The van der Waals surface area contributed by atoms with Crippen LogP contribution in [0.25, 0.3) is 11.0 Å². The lowest BCUT2D eigenvalue weighted by atomic mass is 10.2. The third-order valence-electron chi connectivity index (χ3n) is 3.66. The van der Waals surface area contributed by atoms with Crippen LogP contribution in [0, 0.1) is 0 Å². The van der Waals surface area contributed by atoms with Crippen molar-refractivity contribution in [3.8, 4) is 5.75 Å². The summed E-state index contributed by atoms with van der Waals surface area (Å²) in [7, 11) is 5.41. The quantitative estimate of drug-likeness (QED) is 0.768. The van der Waals surface area contributed by atoms with Crippen LogP contribution in [0.5, 0.6) is 5.75 Å². The Bertz CT molecular complexity index is 884. The van der Waals surface area contributed by atoms with Gasteiger partial charge in [-0.1, -0.05) is 12.1 Å². The number of aryl methyl sites for hydroxylation is 1. The Balaban J connectivity index is 1.78. The van der Waals surface area contributed by atoms with Gasteiger partial charge in [0.2, 0.25) is 0 Å². The highest BCUT2D eigenvalue weighted by Crippen LogP contribution is 2.14. The molecule has 0 aliphatic rings. The van der Waals surface area contributed by atoms with E-state index >= 15 is 0 Å². The number of aromatic nitrogens is 4. The molecule has 2 aromatic heterocycles. The zero-order valence-corrected chi connectivity index (χ0v) is 13.4. The number of nitrogens with zero attached hydrogens (tertiary/aromatic N) is 4. The summed E-state index contributed by atoms with van der Waals surface area (Å²) in [6.45, 7) is 1.26. The molecule has 0 fully saturated rings. The summed E-state index contributed by atoms with van der Waals surface area (Å²) in [4.78, 5) is 21.4. The molecule has 2 heterocycles. The summed E-state index contributed by atoms with van der Waals surface area (Å²) in [6, 6.07) is 7.92. The number of rotatable bonds is 5. The van der Waals surface area contributed by atoms with Crippen LogP contribution >= 0.6 is 0 Å². The molecule has 23 heavy (non-hydrogen) atoms. The maximum Gasteiger partial charge on any atom is 0.262 e. The number of fused-ring (bicyclic) bond motifs is 1. The number of ether oxygens (including phenoxy) is 1. The fourth-order valence-electron chi connectivity index (χ4n) is 2.55. The molecule has 0 unspecified atom stereocenters. The normalized spacial score (nSPS) is 11.3. The summed E-state index contributed by atoms with van der Waals surface area (Å²) < 4.78 is 6.84. The topological polar surface area (TPSA) is 76.0 Å². The lowest BCUT2D eigenvalue weighted by Crippen LogP contribution is -2.22. The first kappa shape index (κ1) is 15.2. The second kappa shape index (κ2) is 6.21. The minimum absolute atomic E-state index is 0.159. The Morgan fingerprint density at radius 3 is 2.96 bits per heavy atom. The predicted molar refractivity (Wildman–Crippen MR) is 87.3 cm³/mol. The van der Waals surface area contributed by atoms with Crippen molar-refractivity contribution in [3.63, 3.8) is 0 Å². The third kappa shape index (κ3) is 3.24. The number of aromatic amines is 1. The fraction of sp³-hybridized carbons (Fsp3) is 0.312. The summed E-state index contributed by atoms with van der Waals surface area (Å²) >= 11 is 0. The van der Waals surface area contributed by atoms with Crippen molar-refractivity contribution >= 4 is 11.0 Å². The molecule has 120 valence electrons. The van der Waals surface area contributed by atoms with Crippen molar-refractivity contribution in [3.05, 3.63) is 52.2 Å². The average Bonchev–Trinajstić information content (AvgIpc) is 2.89. The van der Waals surface area contributed by atoms with E-state index in [1.165, 1.54) is 6.20 Å². The summed E-state index contributed by atoms with van der Waals surface area (Å²) in [5.41, 5.74) is 1.57. The van der Waals surface area contributed by atoms with Gasteiger partial charge in [-0.25, -0.2) is 4.98 Å². The van der Waals surface area contributed by atoms with E-state index < -0.39 is 0 Å². The Kier molecular flexibility index (Phi) is 4.12. The molecule has 1 aromatic carbocycles. The number of methoxy groups -OCH3 is 1. The predicted octanol–water partition coefficient (Wildman–Crippen LogP) is 1.30. The molecule has 0 atom stereocenters. The van der Waals surface area contributed by atoms with Crippen LogP contribution in [-0.4, -0.2) is 38.8 Å². The molecular weight excluding hydrogens is 294 g/mol. The van der Waals surface area contributed by atoms with E-state index in [1.54, 1.807) is 18.8 Å². The van der Waals surface area contributed by atoms with Crippen LogP contribution in [0.2, 0.25) is 0 Å². The Labute approximate surface area is 133 Å². The van der Waals surface area contributed by atoms with E-state index in [9.17, 15) is 4.79 Å². The first-order valence-electron chi connectivity index (χ1n) is 7.29. The van der Waals surface area contributed by atoms with Crippen molar-refractivity contribution < 1.29 is 4.74 Å². The molecule has 7 heteroatoms. The minimum Gasteiger partial charge on any atom is -0.497 e. The number of benzene rings is 1. The highest BCUT2D eigenvalue weighted by molar-refractivity contribution is 5.72. The molecule has 0 saturated carbocycles. The second-order valence-electron chi connectivity index (χ2n) is 5.54. The molecule has 3 rings (SSSR count). The largest absolute Gasteiger partial charge is 0.497 e. The van der Waals surface area contributed by atoms with Crippen molar-refractivity contribution in [2.24, 2.45) is 7.05 Å². The standard InChI is InChI=1S/C16H19N5O2/c1-20(9-11-5-4-6-12(7-11)23-3)10-14-18-15-13(16(22)19-14)8-17-21(15)2/h4-8H,9-10H2,1-3H3,(H,18,19,22). The van der Waals surface area contributed by atoms with Gasteiger partial charge in [-0.05, 0) is 24.7 Å². The van der Waals surface area contributed by atoms with Gasteiger partial charge in [0.1, 0.15) is 17.0 Å². The molecule has 0 aliphatic carbocycles. The van der Waals surface area contributed by atoms with E-state index in [1.807, 2.05) is 31.3 Å². The minimum atomic E-state index is -0.159. The number of hydrogen-bond acceptors (Lipinski definition) is 5. The van der Waals surface area contributed by atoms with Crippen molar-refractivity contribution in [2.75, 3.05) is 14.2 Å². The van der Waals surface area contributed by atoms with E-state index in [-0.39, 0.29) is 5.56 Å². The van der Waals surface area contributed by atoms with Crippen LogP contribution in [-0.2, 0) is 20.1 Å². The molecule has 0 amide bonds. The van der Waals surface area contributed by atoms with Crippen LogP contribution in [0.1, 0.15) is 11.4 Å². The van der Waals surface area contributed by atoms with Crippen LogP contribution in [0.4, 0.5) is 0 Å². The van der Waals surface area contributed by atoms with E-state index in [0.29, 0.717) is 23.4 Å². The molecule has 7 nitrogen and oxygen atoms in total. The fourth-order valence-corrected chi connectivity index (χ4v) is 2.55. The van der Waals surface area contributed by atoms with Gasteiger partial charge in [-0.3, -0.25) is 14.4 Å². The second-order valence-corrected chi connectivity index (χ2v) is 5.54. The third-order valence-corrected chi connectivity index (χ3v) is 3.66. The molecule has 0 radical (unpaired) electrons. The lowest BCUT2D eigenvalue weighted by Gasteiger charge is -2.16. The number of H-pyrrole nitrogens is 1. The first-order valence-corrected chi connectivity index (χ1v) is 7.29. The van der Waals surface area contributed by atoms with Crippen LogP contribution in [0.15, 0.2) is 35.3 Å². The zero-order chi connectivity index (χ0) is 16.4. The van der Waals surface area contributed by atoms with Crippen molar-refractivity contribution in [1.82, 2.24) is 24.6 Å². The summed E-state index contributed by atoms with van der Waals surface area (Å²) in [6.07, 6.45) is 1.53. The van der Waals surface area contributed by atoms with Crippen molar-refractivity contribution in [1.29, 1.82) is 0 Å². The average molecular weight is 313 g/mol. The van der Waals surface area contributed by atoms with Gasteiger partial charge in [0, 0.05) is 13.6 Å². The molecule has 3 aromatic rings. The summed E-state index contributed by atoms with van der Waals surface area (Å²) in [5, 5.41) is 4.58. The van der Waals surface area contributed by atoms with E-state index in [0.717, 1.165) is 17.9 Å². The van der Waals surface area contributed by atoms with Gasteiger partial charge in [0.15, 0.2) is 5.65 Å². The van der Waals surface area contributed by atoms with Gasteiger partial charge in [-0.15, -0.1) is 0 Å². The zero-order valence-electron chi connectivity index (χ0n) is 13.4. The molecule has 1 N–H and O–H groups in total.